The Labute approximate surface area is 57.4 Å². The lowest BCUT2D eigenvalue weighted by Gasteiger charge is -2.13. The van der Waals surface area contributed by atoms with Crippen LogP contribution in [0.3, 0.4) is 0 Å². The van der Waals surface area contributed by atoms with Gasteiger partial charge >= 0.3 is 0 Å². The van der Waals surface area contributed by atoms with Gasteiger partial charge in [0, 0.05) is 0 Å². The van der Waals surface area contributed by atoms with E-state index in [4.69, 9.17) is 4.74 Å². The van der Waals surface area contributed by atoms with Crippen LogP contribution in [0.5, 0.6) is 0 Å². The molecule has 0 N–H and O–H groups in total. The number of hydrogen-bond donors (Lipinski definition) is 0. The first kappa shape index (κ1) is 7.07. The van der Waals surface area contributed by atoms with Gasteiger partial charge in [-0.15, -0.1) is 0 Å². The minimum atomic E-state index is 0.511. The minimum Gasteiger partial charge on any atom is -0.375 e. The third-order valence-corrected chi connectivity index (χ3v) is 2.01. The van der Waals surface area contributed by atoms with Gasteiger partial charge < -0.3 is 4.74 Å². The third kappa shape index (κ3) is 1.68. The molecule has 0 amide bonds. The van der Waals surface area contributed by atoms with E-state index in [2.05, 4.69) is 20.8 Å². The molecule has 1 nitrogen and oxygen atoms in total. The zero-order valence-electron chi connectivity index (χ0n) is 6.55. The normalized spacial score (nSPS) is 36.0. The molecule has 1 fully saturated rings. The van der Waals surface area contributed by atoms with Crippen molar-refractivity contribution in [3.05, 3.63) is 0 Å². The summed E-state index contributed by atoms with van der Waals surface area (Å²) in [6.45, 7) is 6.60. The Morgan fingerprint density at radius 1 is 1.33 bits per heavy atom. The molecule has 1 rings (SSSR count). The van der Waals surface area contributed by atoms with E-state index in [1.54, 1.807) is 0 Å². The van der Waals surface area contributed by atoms with Crippen molar-refractivity contribution in [2.75, 3.05) is 0 Å². The van der Waals surface area contributed by atoms with Gasteiger partial charge in [0.15, 0.2) is 0 Å². The molecular weight excluding hydrogens is 112 g/mol. The fourth-order valence-corrected chi connectivity index (χ4v) is 1.32. The molecule has 1 unspecified atom stereocenters. The smallest absolute Gasteiger partial charge is 0.0602 e. The highest BCUT2D eigenvalue weighted by Gasteiger charge is 2.23. The monoisotopic (exact) mass is 128 g/mol. The molecule has 54 valence electrons. The van der Waals surface area contributed by atoms with Crippen LogP contribution in [0, 0.1) is 5.92 Å². The Kier molecular flexibility index (Phi) is 2.12. The van der Waals surface area contributed by atoms with E-state index >= 15 is 0 Å². The number of ether oxygens (including phenoxy) is 1. The molecule has 0 bridgehead atoms. The second kappa shape index (κ2) is 2.70. The second-order valence-corrected chi connectivity index (χ2v) is 3.31. The fourth-order valence-electron chi connectivity index (χ4n) is 1.32. The molecule has 1 heterocycles. The Bertz CT molecular complexity index is 88.6. The van der Waals surface area contributed by atoms with Crippen LogP contribution in [0.15, 0.2) is 0 Å². The van der Waals surface area contributed by atoms with Gasteiger partial charge in [0.25, 0.3) is 0 Å². The van der Waals surface area contributed by atoms with Crippen molar-refractivity contribution in [2.24, 2.45) is 5.92 Å². The zero-order valence-corrected chi connectivity index (χ0v) is 6.55. The predicted octanol–water partition coefficient (Wildman–Crippen LogP) is 2.21. The van der Waals surface area contributed by atoms with Gasteiger partial charge in [-0.25, -0.2) is 0 Å². The van der Waals surface area contributed by atoms with Crippen LogP contribution < -0.4 is 0 Å². The molecule has 2 atom stereocenters. The van der Waals surface area contributed by atoms with Crippen molar-refractivity contribution >= 4 is 0 Å². The first-order chi connectivity index (χ1) is 4.20. The fraction of sp³-hybridized carbons (Fsp3) is 1.00. The predicted molar refractivity (Wildman–Crippen MR) is 38.4 cm³/mol. The van der Waals surface area contributed by atoms with Gasteiger partial charge in [-0.3, -0.25) is 0 Å². The maximum Gasteiger partial charge on any atom is 0.0602 e. The molecule has 0 aromatic carbocycles. The molecule has 0 aromatic heterocycles. The molecule has 0 saturated carbocycles. The molecule has 0 radical (unpaired) electrons. The van der Waals surface area contributed by atoms with Crippen molar-refractivity contribution in [3.8, 4) is 0 Å². The summed E-state index contributed by atoms with van der Waals surface area (Å²) in [6, 6.07) is 0. The molecular formula is C8H16O. The first-order valence-corrected chi connectivity index (χ1v) is 3.85. The lowest BCUT2D eigenvalue weighted by molar-refractivity contribution is 0.0288. The van der Waals surface area contributed by atoms with Crippen molar-refractivity contribution < 1.29 is 4.74 Å². The average Bonchev–Trinajstić information content (AvgIpc) is 2.14. The minimum absolute atomic E-state index is 0.511. The van der Waals surface area contributed by atoms with E-state index in [1.807, 2.05) is 0 Å². The highest BCUT2D eigenvalue weighted by molar-refractivity contribution is 4.72. The summed E-state index contributed by atoms with van der Waals surface area (Å²) < 4.78 is 5.62. The lowest BCUT2D eigenvalue weighted by atomic mass is 10.0. The van der Waals surface area contributed by atoms with E-state index in [9.17, 15) is 0 Å². The van der Waals surface area contributed by atoms with Gasteiger partial charge in [-0.05, 0) is 25.7 Å². The van der Waals surface area contributed by atoms with Crippen molar-refractivity contribution in [2.45, 2.75) is 45.8 Å². The van der Waals surface area contributed by atoms with Crippen molar-refractivity contribution in [3.63, 3.8) is 0 Å². The molecule has 0 aromatic rings. The van der Waals surface area contributed by atoms with Gasteiger partial charge in [0.2, 0.25) is 0 Å². The van der Waals surface area contributed by atoms with Crippen LogP contribution in [-0.4, -0.2) is 12.2 Å². The van der Waals surface area contributed by atoms with Gasteiger partial charge in [0.1, 0.15) is 0 Å². The molecule has 1 aliphatic heterocycles. The van der Waals surface area contributed by atoms with E-state index in [0.29, 0.717) is 18.1 Å². The molecule has 1 heteroatoms. The molecule has 9 heavy (non-hydrogen) atoms. The zero-order chi connectivity index (χ0) is 6.85. The SMILES string of the molecule is CC(C)C1CC[C@H](C)O1. The summed E-state index contributed by atoms with van der Waals surface area (Å²) in [6.07, 6.45) is 3.57. The largest absolute Gasteiger partial charge is 0.375 e. The number of rotatable bonds is 1. The summed E-state index contributed by atoms with van der Waals surface area (Å²) in [5.74, 6) is 0.704. The van der Waals surface area contributed by atoms with Crippen molar-refractivity contribution in [1.29, 1.82) is 0 Å². The summed E-state index contributed by atoms with van der Waals surface area (Å²) in [5.41, 5.74) is 0. The summed E-state index contributed by atoms with van der Waals surface area (Å²) >= 11 is 0. The quantitative estimate of drug-likeness (QED) is 0.526. The maximum absolute atomic E-state index is 5.62. The van der Waals surface area contributed by atoms with E-state index in [1.165, 1.54) is 12.8 Å². The summed E-state index contributed by atoms with van der Waals surface area (Å²) in [4.78, 5) is 0. The Morgan fingerprint density at radius 3 is 2.22 bits per heavy atom. The molecule has 1 saturated heterocycles. The average molecular weight is 128 g/mol. The topological polar surface area (TPSA) is 9.23 Å². The van der Waals surface area contributed by atoms with E-state index < -0.39 is 0 Å². The molecule has 0 spiro atoms. The van der Waals surface area contributed by atoms with Crippen LogP contribution in [0.25, 0.3) is 0 Å². The van der Waals surface area contributed by atoms with Crippen LogP contribution in [0.2, 0.25) is 0 Å². The lowest BCUT2D eigenvalue weighted by Crippen LogP contribution is -2.14. The Hall–Kier alpha value is -0.0400. The third-order valence-electron chi connectivity index (χ3n) is 2.01. The van der Waals surface area contributed by atoms with Gasteiger partial charge in [0.05, 0.1) is 12.2 Å². The van der Waals surface area contributed by atoms with Crippen LogP contribution in [0.4, 0.5) is 0 Å². The summed E-state index contributed by atoms with van der Waals surface area (Å²) in [7, 11) is 0. The highest BCUT2D eigenvalue weighted by Crippen LogP contribution is 2.24. The van der Waals surface area contributed by atoms with Crippen LogP contribution in [0.1, 0.15) is 33.6 Å². The van der Waals surface area contributed by atoms with Gasteiger partial charge in [-0.2, -0.15) is 0 Å². The van der Waals surface area contributed by atoms with E-state index in [-0.39, 0.29) is 0 Å². The van der Waals surface area contributed by atoms with Gasteiger partial charge in [-0.1, -0.05) is 13.8 Å². The Balaban J connectivity index is 2.30. The van der Waals surface area contributed by atoms with E-state index in [0.717, 1.165) is 0 Å². The second-order valence-electron chi connectivity index (χ2n) is 3.31. The molecule has 0 aliphatic carbocycles. The van der Waals surface area contributed by atoms with Crippen molar-refractivity contribution in [1.82, 2.24) is 0 Å². The summed E-state index contributed by atoms with van der Waals surface area (Å²) in [5, 5.41) is 0. The number of hydrogen-bond acceptors (Lipinski definition) is 1. The highest BCUT2D eigenvalue weighted by atomic mass is 16.5. The maximum atomic E-state index is 5.62. The first-order valence-electron chi connectivity index (χ1n) is 3.85. The van der Waals surface area contributed by atoms with Crippen LogP contribution >= 0.6 is 0 Å². The standard InChI is InChI=1S/C8H16O/c1-6(2)8-5-4-7(3)9-8/h6-8H,4-5H2,1-3H3/t7-,8?/m0/s1. The molecule has 1 aliphatic rings. The van der Waals surface area contributed by atoms with Crippen LogP contribution in [-0.2, 0) is 4.74 Å². The Morgan fingerprint density at radius 2 is 2.00 bits per heavy atom.